The van der Waals surface area contributed by atoms with E-state index in [0.29, 0.717) is 30.0 Å². The van der Waals surface area contributed by atoms with E-state index < -0.39 is 0 Å². The molecule has 2 aromatic carbocycles. The van der Waals surface area contributed by atoms with E-state index in [9.17, 15) is 9.59 Å². The molecule has 0 spiro atoms. The molecule has 0 aliphatic carbocycles. The summed E-state index contributed by atoms with van der Waals surface area (Å²) in [6.07, 6.45) is 3.91. The normalized spacial score (nSPS) is 10.9. The highest BCUT2D eigenvalue weighted by Crippen LogP contribution is 2.20. The summed E-state index contributed by atoms with van der Waals surface area (Å²) < 4.78 is 0. The van der Waals surface area contributed by atoms with Gasteiger partial charge in [-0.3, -0.25) is 14.6 Å². The Morgan fingerprint density at radius 2 is 1.77 bits per heavy atom. The number of rotatable bonds is 6. The van der Waals surface area contributed by atoms with Crippen LogP contribution in [0.1, 0.15) is 23.2 Å². The monoisotopic (exact) mass is 412 g/mol. The van der Waals surface area contributed by atoms with Crippen LogP contribution in [0.15, 0.2) is 71.8 Å². The summed E-state index contributed by atoms with van der Waals surface area (Å²) in [6.45, 7) is 2.33. The fourth-order valence-corrected chi connectivity index (χ4v) is 3.75. The van der Waals surface area contributed by atoms with Crippen molar-refractivity contribution < 1.29 is 4.79 Å². The van der Waals surface area contributed by atoms with Crippen LogP contribution in [0.25, 0.3) is 22.2 Å². The highest BCUT2D eigenvalue weighted by Gasteiger charge is 2.15. The average molecular weight is 412 g/mol. The molecule has 0 bridgehead atoms. The number of benzene rings is 2. The molecule has 31 heavy (non-hydrogen) atoms. The molecule has 4 aromatic rings. The lowest BCUT2D eigenvalue weighted by molar-refractivity contribution is -0.130. The van der Waals surface area contributed by atoms with E-state index in [0.717, 1.165) is 21.9 Å². The van der Waals surface area contributed by atoms with Gasteiger partial charge in [0.15, 0.2) is 0 Å². The predicted molar refractivity (Wildman–Crippen MR) is 122 cm³/mol. The third-order valence-electron chi connectivity index (χ3n) is 5.48. The van der Waals surface area contributed by atoms with Gasteiger partial charge in [0.05, 0.1) is 0 Å². The lowest BCUT2D eigenvalue weighted by Gasteiger charge is -2.18. The summed E-state index contributed by atoms with van der Waals surface area (Å²) in [5.74, 6) is 0.498. The van der Waals surface area contributed by atoms with Crippen LogP contribution in [0.5, 0.6) is 0 Å². The first-order chi connectivity index (χ1) is 15.0. The van der Waals surface area contributed by atoms with E-state index >= 15 is 0 Å². The van der Waals surface area contributed by atoms with Crippen molar-refractivity contribution in [2.24, 2.45) is 0 Å². The minimum atomic E-state index is -0.205. The van der Waals surface area contributed by atoms with Gasteiger partial charge in [0, 0.05) is 49.2 Å². The summed E-state index contributed by atoms with van der Waals surface area (Å²) >= 11 is 0. The minimum Gasteiger partial charge on any atom is -0.341 e. The van der Waals surface area contributed by atoms with Crippen molar-refractivity contribution in [2.75, 3.05) is 7.05 Å². The Bertz CT molecular complexity index is 1280. The fraction of sp³-hybridized carbons (Fsp3) is 0.200. The van der Waals surface area contributed by atoms with Crippen LogP contribution in [0.4, 0.5) is 0 Å². The third-order valence-corrected chi connectivity index (χ3v) is 5.48. The number of carbonyl (C=O) groups excluding carboxylic acids is 1. The number of pyridine rings is 1. The fourth-order valence-electron chi connectivity index (χ4n) is 3.75. The molecule has 0 aliphatic heterocycles. The van der Waals surface area contributed by atoms with Gasteiger partial charge in [-0.15, -0.1) is 0 Å². The topological polar surface area (TPSA) is 79.0 Å². The van der Waals surface area contributed by atoms with E-state index in [1.807, 2.05) is 24.3 Å². The molecule has 1 N–H and O–H groups in total. The number of carbonyl (C=O) groups is 1. The maximum Gasteiger partial charge on any atom is 0.254 e. The largest absolute Gasteiger partial charge is 0.341 e. The number of aromatic amines is 1. The average Bonchev–Trinajstić information content (AvgIpc) is 2.79. The molecule has 2 heterocycles. The molecule has 0 aliphatic rings. The number of aryl methyl sites for hydroxylation is 1. The molecule has 156 valence electrons. The predicted octanol–water partition coefficient (Wildman–Crippen LogP) is 3.88. The molecule has 1 amide bonds. The van der Waals surface area contributed by atoms with Crippen LogP contribution in [-0.2, 0) is 17.8 Å². The first-order valence-corrected chi connectivity index (χ1v) is 10.2. The lowest BCUT2D eigenvalue weighted by atomic mass is 10.0. The molecule has 6 heteroatoms. The zero-order chi connectivity index (χ0) is 21.8. The Morgan fingerprint density at radius 1 is 1.03 bits per heavy atom. The van der Waals surface area contributed by atoms with E-state index in [4.69, 9.17) is 0 Å². The van der Waals surface area contributed by atoms with Gasteiger partial charge in [-0.25, -0.2) is 4.98 Å². The molecule has 0 radical (unpaired) electrons. The highest BCUT2D eigenvalue weighted by molar-refractivity contribution is 5.86. The standard InChI is InChI=1S/C25H24N4O2/c1-17-21(25(31)28-24(27-17)19-12-14-26-15-13-19)10-11-23(30)29(2)16-20-8-5-7-18-6-3-4-9-22(18)20/h3-9,12-15H,10-11,16H2,1-2H3,(H,27,28,31). The van der Waals surface area contributed by atoms with Crippen molar-refractivity contribution in [1.82, 2.24) is 19.9 Å². The summed E-state index contributed by atoms with van der Waals surface area (Å²) in [5.41, 5.74) is 2.88. The Hall–Kier alpha value is -3.80. The Kier molecular flexibility index (Phi) is 5.89. The van der Waals surface area contributed by atoms with Gasteiger partial charge < -0.3 is 9.88 Å². The zero-order valence-electron chi connectivity index (χ0n) is 17.6. The molecule has 0 saturated heterocycles. The van der Waals surface area contributed by atoms with Crippen molar-refractivity contribution in [3.8, 4) is 11.4 Å². The Labute approximate surface area is 180 Å². The molecule has 2 aromatic heterocycles. The van der Waals surface area contributed by atoms with E-state index in [1.54, 1.807) is 43.4 Å². The van der Waals surface area contributed by atoms with Crippen LogP contribution in [0.2, 0.25) is 0 Å². The number of H-pyrrole nitrogens is 1. The van der Waals surface area contributed by atoms with Gasteiger partial charge >= 0.3 is 0 Å². The molecular weight excluding hydrogens is 388 g/mol. The molecule has 0 fully saturated rings. The van der Waals surface area contributed by atoms with Gasteiger partial charge in [0.2, 0.25) is 5.91 Å². The number of hydrogen-bond donors (Lipinski definition) is 1. The SMILES string of the molecule is Cc1nc(-c2ccncc2)[nH]c(=O)c1CCC(=O)N(C)Cc1cccc2ccccc12. The van der Waals surface area contributed by atoms with Crippen LogP contribution in [0, 0.1) is 6.92 Å². The summed E-state index contributed by atoms with van der Waals surface area (Å²) in [6, 6.07) is 17.9. The number of amides is 1. The molecule has 4 rings (SSSR count). The van der Waals surface area contributed by atoms with Crippen molar-refractivity contribution >= 4 is 16.7 Å². The minimum absolute atomic E-state index is 0.00931. The zero-order valence-corrected chi connectivity index (χ0v) is 17.6. The van der Waals surface area contributed by atoms with E-state index in [2.05, 4.69) is 33.2 Å². The Balaban J connectivity index is 1.45. The van der Waals surface area contributed by atoms with Crippen molar-refractivity contribution in [2.45, 2.75) is 26.3 Å². The molecule has 6 nitrogen and oxygen atoms in total. The maximum absolute atomic E-state index is 12.8. The van der Waals surface area contributed by atoms with Gasteiger partial charge in [-0.2, -0.15) is 0 Å². The molecular formula is C25H24N4O2. The number of aromatic nitrogens is 3. The molecule has 0 unspecified atom stereocenters. The lowest BCUT2D eigenvalue weighted by Crippen LogP contribution is -2.27. The number of nitrogens with zero attached hydrogens (tertiary/aromatic N) is 3. The van der Waals surface area contributed by atoms with Crippen LogP contribution >= 0.6 is 0 Å². The number of nitrogens with one attached hydrogen (secondary N) is 1. The van der Waals surface area contributed by atoms with Crippen LogP contribution in [0.3, 0.4) is 0 Å². The second kappa shape index (κ2) is 8.92. The van der Waals surface area contributed by atoms with Crippen LogP contribution in [-0.4, -0.2) is 32.8 Å². The van der Waals surface area contributed by atoms with Gasteiger partial charge in [0.25, 0.3) is 5.56 Å². The van der Waals surface area contributed by atoms with Gasteiger partial charge in [-0.1, -0.05) is 42.5 Å². The van der Waals surface area contributed by atoms with Crippen molar-refractivity contribution in [3.63, 3.8) is 0 Å². The number of hydrogen-bond acceptors (Lipinski definition) is 4. The molecule has 0 saturated carbocycles. The highest BCUT2D eigenvalue weighted by atomic mass is 16.2. The summed E-state index contributed by atoms with van der Waals surface area (Å²) in [5, 5.41) is 2.30. The second-order valence-corrected chi connectivity index (χ2v) is 7.60. The van der Waals surface area contributed by atoms with E-state index in [1.165, 1.54) is 0 Å². The summed E-state index contributed by atoms with van der Waals surface area (Å²) in [4.78, 5) is 38.4. The second-order valence-electron chi connectivity index (χ2n) is 7.60. The smallest absolute Gasteiger partial charge is 0.254 e. The molecule has 0 atom stereocenters. The van der Waals surface area contributed by atoms with Gasteiger partial charge in [0.1, 0.15) is 5.82 Å². The van der Waals surface area contributed by atoms with Gasteiger partial charge in [-0.05, 0) is 41.8 Å². The first kappa shape index (κ1) is 20.5. The first-order valence-electron chi connectivity index (χ1n) is 10.2. The quantitative estimate of drug-likeness (QED) is 0.521. The Morgan fingerprint density at radius 3 is 2.55 bits per heavy atom. The maximum atomic E-state index is 12.8. The third kappa shape index (κ3) is 4.53. The number of fused-ring (bicyclic) bond motifs is 1. The summed E-state index contributed by atoms with van der Waals surface area (Å²) in [7, 11) is 1.80. The van der Waals surface area contributed by atoms with Crippen LogP contribution < -0.4 is 5.56 Å². The van der Waals surface area contributed by atoms with E-state index in [-0.39, 0.29) is 17.9 Å². The van der Waals surface area contributed by atoms with Crippen molar-refractivity contribution in [1.29, 1.82) is 0 Å². The van der Waals surface area contributed by atoms with Crippen molar-refractivity contribution in [3.05, 3.63) is 94.2 Å².